The van der Waals surface area contributed by atoms with Crippen molar-refractivity contribution in [1.82, 2.24) is 24.5 Å². The van der Waals surface area contributed by atoms with E-state index in [1.54, 1.807) is 33.9 Å². The van der Waals surface area contributed by atoms with Gasteiger partial charge in [-0.2, -0.15) is 0 Å². The average Bonchev–Trinajstić information content (AvgIpc) is 3.55. The van der Waals surface area contributed by atoms with Crippen LogP contribution in [0.15, 0.2) is 79.1 Å². The molecule has 0 bridgehead atoms. The van der Waals surface area contributed by atoms with E-state index < -0.39 is 0 Å². The fourth-order valence-corrected chi connectivity index (χ4v) is 5.06. The lowest BCUT2D eigenvalue weighted by molar-refractivity contribution is 0.0303. The number of nitrogens with one attached hydrogen (secondary N) is 2. The highest BCUT2D eigenvalue weighted by Gasteiger charge is 2.19. The van der Waals surface area contributed by atoms with Crippen molar-refractivity contribution in [3.63, 3.8) is 0 Å². The molecule has 0 saturated carbocycles. The Labute approximate surface area is 255 Å². The molecule has 11 heteroatoms. The minimum atomic E-state index is -0.195. The SMILES string of the molecule is CCN(C)c1ccc(C(=O)Nc2cccc(-c3nc(Nc4ccc(C(=O)N5CCOCC5)cc4)c4nccn4n3)c2C)cc1. The lowest BCUT2D eigenvalue weighted by Gasteiger charge is -2.26. The highest BCUT2D eigenvalue weighted by Crippen LogP contribution is 2.29. The van der Waals surface area contributed by atoms with E-state index in [2.05, 4.69) is 27.4 Å². The third kappa shape index (κ3) is 5.95. The molecule has 2 amide bonds. The summed E-state index contributed by atoms with van der Waals surface area (Å²) in [6, 6.07) is 20.5. The Kier molecular flexibility index (Phi) is 8.20. The van der Waals surface area contributed by atoms with Gasteiger partial charge in [0, 0.05) is 72.8 Å². The van der Waals surface area contributed by atoms with Crippen LogP contribution in [0.2, 0.25) is 0 Å². The van der Waals surface area contributed by atoms with Gasteiger partial charge in [0.2, 0.25) is 0 Å². The molecular formula is C33H34N8O3. The van der Waals surface area contributed by atoms with Gasteiger partial charge in [0.05, 0.1) is 13.2 Å². The topological polar surface area (TPSA) is 117 Å². The number of ether oxygens (including phenoxy) is 1. The monoisotopic (exact) mass is 590 g/mol. The van der Waals surface area contributed by atoms with Gasteiger partial charge in [0.25, 0.3) is 11.8 Å². The molecule has 6 rings (SSSR count). The van der Waals surface area contributed by atoms with Crippen LogP contribution in [0.4, 0.5) is 22.9 Å². The molecule has 224 valence electrons. The van der Waals surface area contributed by atoms with Gasteiger partial charge in [-0.3, -0.25) is 9.59 Å². The van der Waals surface area contributed by atoms with Crippen molar-refractivity contribution >= 4 is 40.3 Å². The Morgan fingerprint density at radius 1 is 0.977 bits per heavy atom. The zero-order chi connectivity index (χ0) is 30.6. The number of carbonyl (C=O) groups excluding carboxylic acids is 2. The summed E-state index contributed by atoms with van der Waals surface area (Å²) in [5.41, 5.74) is 5.83. The molecule has 1 fully saturated rings. The highest BCUT2D eigenvalue weighted by molar-refractivity contribution is 6.05. The Morgan fingerprint density at radius 2 is 1.70 bits per heavy atom. The summed E-state index contributed by atoms with van der Waals surface area (Å²) < 4.78 is 7.03. The summed E-state index contributed by atoms with van der Waals surface area (Å²) in [6.45, 7) is 7.19. The first-order chi connectivity index (χ1) is 21.4. The molecule has 3 heterocycles. The normalized spacial score (nSPS) is 13.1. The third-order valence-electron chi connectivity index (χ3n) is 7.81. The molecule has 0 aliphatic carbocycles. The summed E-state index contributed by atoms with van der Waals surface area (Å²) in [5, 5.41) is 11.1. The van der Waals surface area contributed by atoms with Crippen LogP contribution in [0.5, 0.6) is 0 Å². The number of hydrogen-bond donors (Lipinski definition) is 2. The van der Waals surface area contributed by atoms with Gasteiger partial charge in [-0.1, -0.05) is 12.1 Å². The van der Waals surface area contributed by atoms with E-state index in [1.807, 2.05) is 68.6 Å². The number of benzene rings is 3. The van der Waals surface area contributed by atoms with Crippen LogP contribution in [0.1, 0.15) is 33.2 Å². The number of amides is 2. The number of fused-ring (bicyclic) bond motifs is 1. The summed E-state index contributed by atoms with van der Waals surface area (Å²) >= 11 is 0. The molecule has 2 N–H and O–H groups in total. The number of carbonyl (C=O) groups is 2. The molecule has 0 spiro atoms. The second-order valence-electron chi connectivity index (χ2n) is 10.6. The van der Waals surface area contributed by atoms with Crippen molar-refractivity contribution in [2.24, 2.45) is 0 Å². The third-order valence-corrected chi connectivity index (χ3v) is 7.81. The van der Waals surface area contributed by atoms with Crippen LogP contribution in [-0.4, -0.2) is 76.2 Å². The quantitative estimate of drug-likeness (QED) is 0.259. The fourth-order valence-electron chi connectivity index (χ4n) is 5.06. The Hall–Kier alpha value is -5.29. The maximum absolute atomic E-state index is 13.1. The lowest BCUT2D eigenvalue weighted by atomic mass is 10.1. The molecule has 1 aliphatic heterocycles. The van der Waals surface area contributed by atoms with Crippen molar-refractivity contribution in [2.75, 3.05) is 55.4 Å². The maximum atomic E-state index is 13.1. The smallest absolute Gasteiger partial charge is 0.255 e. The van der Waals surface area contributed by atoms with E-state index >= 15 is 0 Å². The predicted molar refractivity (Wildman–Crippen MR) is 171 cm³/mol. The molecule has 3 aromatic carbocycles. The zero-order valence-corrected chi connectivity index (χ0v) is 24.9. The molecule has 0 unspecified atom stereocenters. The molecule has 2 aromatic heterocycles. The lowest BCUT2D eigenvalue weighted by Crippen LogP contribution is -2.40. The van der Waals surface area contributed by atoms with E-state index in [4.69, 9.17) is 14.8 Å². The molecule has 0 atom stereocenters. The standard InChI is InChI=1S/C33H34N8O3/c1-4-39(3)26-14-10-23(11-15-26)32(42)36-28-7-5-6-27(22(28)2)29-37-30(31-34-16-17-41(31)38-29)35-25-12-8-24(9-13-25)33(43)40-18-20-44-21-19-40/h5-17H,4,18-21H2,1-3H3,(H,36,42)(H,35,37,38). The van der Waals surface area contributed by atoms with E-state index in [0.29, 0.717) is 60.4 Å². The molecule has 1 saturated heterocycles. The van der Waals surface area contributed by atoms with Gasteiger partial charge >= 0.3 is 0 Å². The van der Waals surface area contributed by atoms with Crippen molar-refractivity contribution in [2.45, 2.75) is 13.8 Å². The minimum absolute atomic E-state index is 0.0108. The van der Waals surface area contributed by atoms with Crippen LogP contribution < -0.4 is 15.5 Å². The van der Waals surface area contributed by atoms with Crippen LogP contribution in [-0.2, 0) is 4.74 Å². The van der Waals surface area contributed by atoms with E-state index in [0.717, 1.165) is 29.0 Å². The summed E-state index contributed by atoms with van der Waals surface area (Å²) in [7, 11) is 2.01. The van der Waals surface area contributed by atoms with Gasteiger partial charge in [0.15, 0.2) is 17.3 Å². The fraction of sp³-hybridized carbons (Fsp3) is 0.242. The predicted octanol–water partition coefficient (Wildman–Crippen LogP) is 5.02. The second kappa shape index (κ2) is 12.5. The molecule has 0 radical (unpaired) electrons. The first kappa shape index (κ1) is 28.8. The van der Waals surface area contributed by atoms with Gasteiger partial charge in [-0.15, -0.1) is 5.10 Å². The van der Waals surface area contributed by atoms with E-state index in [-0.39, 0.29) is 11.8 Å². The number of nitrogens with zero attached hydrogens (tertiary/aromatic N) is 6. The zero-order valence-electron chi connectivity index (χ0n) is 24.9. The van der Waals surface area contributed by atoms with Crippen LogP contribution >= 0.6 is 0 Å². The van der Waals surface area contributed by atoms with Crippen molar-refractivity contribution in [3.8, 4) is 11.4 Å². The summed E-state index contributed by atoms with van der Waals surface area (Å²) in [6.07, 6.45) is 3.42. The molecule has 5 aromatic rings. The molecule has 1 aliphatic rings. The maximum Gasteiger partial charge on any atom is 0.255 e. The number of anilines is 4. The Balaban J connectivity index is 1.24. The van der Waals surface area contributed by atoms with Gasteiger partial charge in [-0.25, -0.2) is 14.5 Å². The largest absolute Gasteiger partial charge is 0.378 e. The Bertz CT molecular complexity index is 1790. The highest BCUT2D eigenvalue weighted by atomic mass is 16.5. The summed E-state index contributed by atoms with van der Waals surface area (Å²) in [5.74, 6) is 0.777. The number of hydrogen-bond acceptors (Lipinski definition) is 8. The van der Waals surface area contributed by atoms with Crippen LogP contribution in [0, 0.1) is 6.92 Å². The second-order valence-corrected chi connectivity index (χ2v) is 10.6. The van der Waals surface area contributed by atoms with Gasteiger partial charge in [0.1, 0.15) is 0 Å². The molecule has 11 nitrogen and oxygen atoms in total. The van der Waals surface area contributed by atoms with Gasteiger partial charge < -0.3 is 25.2 Å². The number of aromatic nitrogens is 4. The first-order valence-corrected chi connectivity index (χ1v) is 14.6. The molecular weight excluding hydrogens is 556 g/mol. The summed E-state index contributed by atoms with van der Waals surface area (Å²) in [4.78, 5) is 39.1. The van der Waals surface area contributed by atoms with E-state index in [9.17, 15) is 9.59 Å². The minimum Gasteiger partial charge on any atom is -0.378 e. The average molecular weight is 591 g/mol. The van der Waals surface area contributed by atoms with Crippen molar-refractivity contribution in [3.05, 3.63) is 95.8 Å². The number of morpholine rings is 1. The van der Waals surface area contributed by atoms with E-state index in [1.165, 1.54) is 0 Å². The van der Waals surface area contributed by atoms with Gasteiger partial charge in [-0.05, 0) is 74.0 Å². The van der Waals surface area contributed by atoms with Crippen molar-refractivity contribution < 1.29 is 14.3 Å². The number of imidazole rings is 1. The Morgan fingerprint density at radius 3 is 2.43 bits per heavy atom. The molecule has 44 heavy (non-hydrogen) atoms. The number of rotatable bonds is 8. The van der Waals surface area contributed by atoms with Crippen LogP contribution in [0.3, 0.4) is 0 Å². The first-order valence-electron chi connectivity index (χ1n) is 14.6. The van der Waals surface area contributed by atoms with Crippen LogP contribution in [0.25, 0.3) is 17.0 Å². The van der Waals surface area contributed by atoms with Crippen molar-refractivity contribution in [1.29, 1.82) is 0 Å².